The molecule has 0 saturated carbocycles. The molecule has 0 spiro atoms. The number of aromatic nitrogens is 1. The normalized spacial score (nSPS) is 10.6. The van der Waals surface area contributed by atoms with Gasteiger partial charge in [-0.1, -0.05) is 23.2 Å². The van der Waals surface area contributed by atoms with Crippen molar-refractivity contribution in [1.82, 2.24) is 4.98 Å². The van der Waals surface area contributed by atoms with Crippen LogP contribution in [0.25, 0.3) is 11.3 Å². The average molecular weight is 368 g/mol. The van der Waals surface area contributed by atoms with Crippen LogP contribution < -0.4 is 5.32 Å². The van der Waals surface area contributed by atoms with Gasteiger partial charge in [0.25, 0.3) is 0 Å². The molecule has 0 radical (unpaired) electrons. The first kappa shape index (κ1) is 14.5. The summed E-state index contributed by atoms with van der Waals surface area (Å²) in [4.78, 5) is 4.05. The Bertz CT molecular complexity index is 650. The van der Waals surface area contributed by atoms with Gasteiger partial charge >= 0.3 is 0 Å². The summed E-state index contributed by atoms with van der Waals surface area (Å²) < 4.78 is 28.0. The molecule has 0 amide bonds. The molecular weight excluding hydrogens is 361 g/mol. The zero-order valence-electron chi connectivity index (χ0n) is 9.57. The van der Waals surface area contributed by atoms with Crippen molar-refractivity contribution < 1.29 is 8.78 Å². The van der Waals surface area contributed by atoms with Crippen LogP contribution in [0.1, 0.15) is 0 Å². The summed E-state index contributed by atoms with van der Waals surface area (Å²) in [5.41, 5.74) is -0.306. The van der Waals surface area contributed by atoms with Crippen LogP contribution in [0.2, 0.25) is 10.0 Å². The molecule has 1 aromatic carbocycles. The van der Waals surface area contributed by atoms with Crippen molar-refractivity contribution in [2.24, 2.45) is 0 Å². The number of pyridine rings is 1. The largest absolute Gasteiger partial charge is 0.372 e. The molecule has 2 aromatic rings. The fraction of sp³-hybridized carbons (Fsp3) is 0.0833. The quantitative estimate of drug-likeness (QED) is 0.743. The van der Waals surface area contributed by atoms with Crippen molar-refractivity contribution >= 4 is 44.9 Å². The molecule has 0 unspecified atom stereocenters. The molecule has 2 rings (SSSR count). The molecule has 100 valence electrons. The second-order valence-electron chi connectivity index (χ2n) is 3.62. The first-order valence-corrected chi connectivity index (χ1v) is 6.68. The molecular formula is C12H7BrCl2F2N2. The summed E-state index contributed by atoms with van der Waals surface area (Å²) in [7, 11) is 1.60. The number of halogens is 5. The van der Waals surface area contributed by atoms with E-state index in [1.54, 1.807) is 7.05 Å². The summed E-state index contributed by atoms with van der Waals surface area (Å²) in [6.07, 6.45) is 0. The second-order valence-corrected chi connectivity index (χ2v) is 5.29. The van der Waals surface area contributed by atoms with E-state index >= 15 is 0 Å². The lowest BCUT2D eigenvalue weighted by atomic mass is 10.1. The predicted octanol–water partition coefficient (Wildman–Crippen LogP) is 5.14. The van der Waals surface area contributed by atoms with Gasteiger partial charge in [-0.2, -0.15) is 0 Å². The van der Waals surface area contributed by atoms with Crippen molar-refractivity contribution in [3.8, 4) is 11.3 Å². The zero-order chi connectivity index (χ0) is 14.2. The fourth-order valence-electron chi connectivity index (χ4n) is 1.56. The Morgan fingerprint density at radius 1 is 1.21 bits per heavy atom. The van der Waals surface area contributed by atoms with Crippen molar-refractivity contribution in [2.45, 2.75) is 0 Å². The van der Waals surface area contributed by atoms with Gasteiger partial charge in [0.15, 0.2) is 0 Å². The molecule has 2 nitrogen and oxygen atoms in total. The van der Waals surface area contributed by atoms with E-state index < -0.39 is 11.6 Å². The average Bonchev–Trinajstić information content (AvgIpc) is 2.37. The first-order chi connectivity index (χ1) is 8.95. The Balaban J connectivity index is 2.75. The highest BCUT2D eigenvalue weighted by molar-refractivity contribution is 9.10. The fourth-order valence-corrected chi connectivity index (χ4v) is 2.44. The highest BCUT2D eigenvalue weighted by Crippen LogP contribution is 2.36. The van der Waals surface area contributed by atoms with Gasteiger partial charge in [0, 0.05) is 7.05 Å². The van der Waals surface area contributed by atoms with Crippen molar-refractivity contribution in [3.05, 3.63) is 44.4 Å². The van der Waals surface area contributed by atoms with Gasteiger partial charge < -0.3 is 5.32 Å². The van der Waals surface area contributed by atoms with Crippen LogP contribution in [0.15, 0.2) is 22.7 Å². The Kier molecular flexibility index (Phi) is 4.28. The number of nitrogens with zero attached hydrogens (tertiary/aromatic N) is 1. The molecule has 0 atom stereocenters. The molecule has 7 heteroatoms. The standard InChI is InChI=1S/C12H7BrCl2F2N2/c1-18-12-7(15)4-6(14)11(19-12)9-8(16)3-2-5(13)10(9)17/h2-4H,1H3,(H,18,19). The molecule has 1 heterocycles. The molecule has 0 aliphatic heterocycles. The number of hydrogen-bond donors (Lipinski definition) is 1. The van der Waals surface area contributed by atoms with Gasteiger partial charge in [-0.25, -0.2) is 13.8 Å². The number of nitrogens with one attached hydrogen (secondary N) is 1. The SMILES string of the molecule is CNc1nc(-c2c(F)ccc(Br)c2F)c(Cl)cc1Cl. The number of hydrogen-bond acceptors (Lipinski definition) is 2. The van der Waals surface area contributed by atoms with E-state index in [-0.39, 0.29) is 25.8 Å². The highest BCUT2D eigenvalue weighted by atomic mass is 79.9. The zero-order valence-corrected chi connectivity index (χ0v) is 12.7. The monoisotopic (exact) mass is 366 g/mol. The maximum absolute atomic E-state index is 14.0. The summed E-state index contributed by atoms with van der Waals surface area (Å²) in [5.74, 6) is -1.22. The molecule has 1 N–H and O–H groups in total. The molecule has 0 saturated heterocycles. The third-order valence-corrected chi connectivity index (χ3v) is 3.64. The van der Waals surface area contributed by atoms with Gasteiger partial charge in [-0.3, -0.25) is 0 Å². The number of anilines is 1. The maximum atomic E-state index is 14.0. The number of rotatable bonds is 2. The highest BCUT2D eigenvalue weighted by Gasteiger charge is 2.20. The van der Waals surface area contributed by atoms with Crippen LogP contribution in [0.5, 0.6) is 0 Å². The molecule has 0 aliphatic rings. The van der Waals surface area contributed by atoms with E-state index in [4.69, 9.17) is 23.2 Å². The van der Waals surface area contributed by atoms with Crippen LogP contribution in [0.4, 0.5) is 14.6 Å². The van der Waals surface area contributed by atoms with E-state index in [0.29, 0.717) is 5.82 Å². The minimum atomic E-state index is -0.765. The molecule has 19 heavy (non-hydrogen) atoms. The number of benzene rings is 1. The van der Waals surface area contributed by atoms with Crippen LogP contribution in [0, 0.1) is 11.6 Å². The summed E-state index contributed by atoms with van der Waals surface area (Å²) in [5, 5.41) is 3.07. The van der Waals surface area contributed by atoms with Gasteiger partial charge in [-0.05, 0) is 34.1 Å². The lowest BCUT2D eigenvalue weighted by molar-refractivity contribution is 0.584. The summed E-state index contributed by atoms with van der Waals surface area (Å²) in [6, 6.07) is 3.79. The molecule has 0 fully saturated rings. The van der Waals surface area contributed by atoms with Crippen LogP contribution in [0.3, 0.4) is 0 Å². The molecule has 1 aromatic heterocycles. The van der Waals surface area contributed by atoms with Gasteiger partial charge in [0.05, 0.1) is 25.8 Å². The smallest absolute Gasteiger partial charge is 0.149 e. The van der Waals surface area contributed by atoms with Gasteiger partial charge in [0.1, 0.15) is 17.5 Å². The Hall–Kier alpha value is -0.910. The topological polar surface area (TPSA) is 24.9 Å². The van der Waals surface area contributed by atoms with Crippen LogP contribution in [-0.4, -0.2) is 12.0 Å². The second kappa shape index (κ2) is 5.61. The third-order valence-electron chi connectivity index (χ3n) is 2.45. The van der Waals surface area contributed by atoms with E-state index in [1.807, 2.05) is 0 Å². The van der Waals surface area contributed by atoms with E-state index in [1.165, 1.54) is 12.1 Å². The first-order valence-electron chi connectivity index (χ1n) is 5.13. The summed E-state index contributed by atoms with van der Waals surface area (Å²) >= 11 is 14.9. The molecule has 0 aliphatic carbocycles. The third kappa shape index (κ3) is 2.68. The predicted molar refractivity (Wildman–Crippen MR) is 76.9 cm³/mol. The Labute approximate surface area is 126 Å². The van der Waals surface area contributed by atoms with Crippen LogP contribution >= 0.6 is 39.1 Å². The van der Waals surface area contributed by atoms with E-state index in [9.17, 15) is 8.78 Å². The minimum Gasteiger partial charge on any atom is -0.372 e. The van der Waals surface area contributed by atoms with E-state index in [2.05, 4.69) is 26.2 Å². The lowest BCUT2D eigenvalue weighted by Crippen LogP contribution is -1.99. The van der Waals surface area contributed by atoms with Gasteiger partial charge in [0.2, 0.25) is 0 Å². The van der Waals surface area contributed by atoms with Crippen molar-refractivity contribution in [1.29, 1.82) is 0 Å². The van der Waals surface area contributed by atoms with Gasteiger partial charge in [-0.15, -0.1) is 0 Å². The molecule has 0 bridgehead atoms. The lowest BCUT2D eigenvalue weighted by Gasteiger charge is -2.11. The maximum Gasteiger partial charge on any atom is 0.149 e. The van der Waals surface area contributed by atoms with E-state index in [0.717, 1.165) is 6.07 Å². The van der Waals surface area contributed by atoms with Crippen LogP contribution in [-0.2, 0) is 0 Å². The Morgan fingerprint density at radius 3 is 2.53 bits per heavy atom. The minimum absolute atomic E-state index is 0.00767. The van der Waals surface area contributed by atoms with Crippen molar-refractivity contribution in [3.63, 3.8) is 0 Å². The Morgan fingerprint density at radius 2 is 1.89 bits per heavy atom. The van der Waals surface area contributed by atoms with Crippen molar-refractivity contribution in [2.75, 3.05) is 12.4 Å². The summed E-state index contributed by atoms with van der Waals surface area (Å²) in [6.45, 7) is 0.